The van der Waals surface area contributed by atoms with Crippen LogP contribution in [0.1, 0.15) is 18.7 Å². The Kier molecular flexibility index (Phi) is 2.02. The summed E-state index contributed by atoms with van der Waals surface area (Å²) < 4.78 is 8.49. The van der Waals surface area contributed by atoms with Crippen molar-refractivity contribution in [2.75, 3.05) is 13.1 Å². The molecule has 1 spiro atoms. The fourth-order valence-corrected chi connectivity index (χ4v) is 2.99. The number of hydrogen-bond donors (Lipinski definition) is 1. The van der Waals surface area contributed by atoms with E-state index in [-0.39, 0.29) is 5.60 Å². The summed E-state index contributed by atoms with van der Waals surface area (Å²) in [6.07, 6.45) is 5.84. The fourth-order valence-electron chi connectivity index (χ4n) is 2.99. The summed E-state index contributed by atoms with van der Waals surface area (Å²) in [7, 11) is 0. The highest BCUT2D eigenvalue weighted by Gasteiger charge is 2.43. The predicted octanol–water partition coefficient (Wildman–Crippen LogP) is 1.84. The van der Waals surface area contributed by atoms with Crippen molar-refractivity contribution in [1.29, 1.82) is 0 Å². The normalized spacial score (nSPS) is 20.0. The van der Waals surface area contributed by atoms with E-state index in [2.05, 4.69) is 20.9 Å². The number of hydrogen-bond acceptors (Lipinski definition) is 3. The summed E-state index contributed by atoms with van der Waals surface area (Å²) >= 11 is 0. The molecule has 0 amide bonds. The molecule has 0 radical (unpaired) electrons. The lowest BCUT2D eigenvalue weighted by Crippen LogP contribution is -2.47. The van der Waals surface area contributed by atoms with Gasteiger partial charge in [-0.1, -0.05) is 12.1 Å². The first-order chi connectivity index (χ1) is 8.89. The lowest BCUT2D eigenvalue weighted by atomic mass is 9.89. The van der Waals surface area contributed by atoms with E-state index >= 15 is 0 Å². The predicted molar refractivity (Wildman–Crippen MR) is 68.0 cm³/mol. The van der Waals surface area contributed by atoms with Crippen molar-refractivity contribution in [3.05, 3.63) is 42.5 Å². The summed E-state index contributed by atoms with van der Waals surface area (Å²) in [6, 6.07) is 8.18. The molecule has 4 heteroatoms. The summed E-state index contributed by atoms with van der Waals surface area (Å²) in [5.41, 5.74) is 0.845. The third kappa shape index (κ3) is 1.26. The molecule has 92 valence electrons. The van der Waals surface area contributed by atoms with Gasteiger partial charge in [0, 0.05) is 25.2 Å². The maximum atomic E-state index is 6.32. The molecule has 0 saturated carbocycles. The van der Waals surface area contributed by atoms with E-state index in [1.165, 1.54) is 0 Å². The average molecular weight is 241 g/mol. The van der Waals surface area contributed by atoms with Crippen LogP contribution in [0.25, 0.3) is 5.69 Å². The Morgan fingerprint density at radius 2 is 2.06 bits per heavy atom. The molecule has 3 heterocycles. The van der Waals surface area contributed by atoms with Gasteiger partial charge in [0.15, 0.2) is 11.4 Å². The molecule has 2 aliphatic rings. The Morgan fingerprint density at radius 1 is 1.22 bits per heavy atom. The van der Waals surface area contributed by atoms with Gasteiger partial charge in [0.1, 0.15) is 5.75 Å². The van der Waals surface area contributed by atoms with E-state index < -0.39 is 0 Å². The minimum atomic E-state index is -0.247. The molecule has 0 bridgehead atoms. The average Bonchev–Trinajstić information content (AvgIpc) is 2.90. The molecule has 1 aromatic heterocycles. The van der Waals surface area contributed by atoms with Gasteiger partial charge in [0.25, 0.3) is 0 Å². The van der Waals surface area contributed by atoms with E-state index in [0.29, 0.717) is 0 Å². The van der Waals surface area contributed by atoms with Crippen molar-refractivity contribution in [2.24, 2.45) is 0 Å². The maximum absolute atomic E-state index is 6.32. The maximum Gasteiger partial charge on any atom is 0.169 e. The number of piperidine rings is 1. The van der Waals surface area contributed by atoms with E-state index in [1.807, 2.05) is 30.6 Å². The van der Waals surface area contributed by atoms with E-state index in [0.717, 1.165) is 43.2 Å². The highest BCUT2D eigenvalue weighted by molar-refractivity contribution is 5.50. The molecule has 2 aliphatic heterocycles. The zero-order chi connectivity index (χ0) is 12.0. The van der Waals surface area contributed by atoms with Crippen LogP contribution in [0.2, 0.25) is 0 Å². The van der Waals surface area contributed by atoms with Crippen molar-refractivity contribution in [3.8, 4) is 11.4 Å². The van der Waals surface area contributed by atoms with Crippen molar-refractivity contribution in [3.63, 3.8) is 0 Å². The zero-order valence-electron chi connectivity index (χ0n) is 10.1. The largest absolute Gasteiger partial charge is 0.477 e. The van der Waals surface area contributed by atoms with Gasteiger partial charge in [-0.15, -0.1) is 0 Å². The second-order valence-electron chi connectivity index (χ2n) is 4.93. The third-order valence-electron chi connectivity index (χ3n) is 3.89. The first-order valence-electron chi connectivity index (χ1n) is 6.42. The molecule has 2 aromatic rings. The molecular weight excluding hydrogens is 226 g/mol. The van der Waals surface area contributed by atoms with E-state index in [9.17, 15) is 0 Å². The molecule has 1 fully saturated rings. The summed E-state index contributed by atoms with van der Waals surface area (Å²) in [4.78, 5) is 4.54. The van der Waals surface area contributed by atoms with Gasteiger partial charge >= 0.3 is 0 Å². The van der Waals surface area contributed by atoms with Crippen molar-refractivity contribution in [1.82, 2.24) is 14.9 Å². The van der Waals surface area contributed by atoms with Crippen LogP contribution in [-0.4, -0.2) is 22.6 Å². The standard InChI is InChI=1S/C14H15N3O/c1-2-4-12-11(3-1)17-10-9-16-13(17)14(18-12)5-7-15-8-6-14/h1-4,9-10,15H,5-8H2. The van der Waals surface area contributed by atoms with Gasteiger partial charge in [0.05, 0.1) is 5.69 Å². The second-order valence-corrected chi connectivity index (χ2v) is 4.93. The zero-order valence-corrected chi connectivity index (χ0v) is 10.1. The molecule has 0 aliphatic carbocycles. The monoisotopic (exact) mass is 241 g/mol. The smallest absolute Gasteiger partial charge is 0.169 e. The quantitative estimate of drug-likeness (QED) is 0.765. The number of ether oxygens (including phenoxy) is 1. The van der Waals surface area contributed by atoms with Crippen LogP contribution in [0.3, 0.4) is 0 Å². The summed E-state index contributed by atoms with van der Waals surface area (Å²) in [5.74, 6) is 2.01. The van der Waals surface area contributed by atoms with Crippen molar-refractivity contribution < 1.29 is 4.74 Å². The Balaban J connectivity index is 1.92. The highest BCUT2D eigenvalue weighted by Crippen LogP contribution is 2.42. The topological polar surface area (TPSA) is 39.1 Å². The molecule has 1 saturated heterocycles. The minimum Gasteiger partial charge on any atom is -0.477 e. The first-order valence-corrected chi connectivity index (χ1v) is 6.42. The van der Waals surface area contributed by atoms with Crippen LogP contribution in [-0.2, 0) is 5.60 Å². The van der Waals surface area contributed by atoms with Crippen molar-refractivity contribution in [2.45, 2.75) is 18.4 Å². The van der Waals surface area contributed by atoms with Crippen LogP contribution < -0.4 is 10.1 Å². The molecule has 1 N–H and O–H groups in total. The van der Waals surface area contributed by atoms with E-state index in [1.54, 1.807) is 0 Å². The van der Waals surface area contributed by atoms with Crippen LogP contribution in [0.5, 0.6) is 5.75 Å². The van der Waals surface area contributed by atoms with Gasteiger partial charge in [-0.25, -0.2) is 4.98 Å². The Hall–Kier alpha value is -1.81. The number of aromatic nitrogens is 2. The second kappa shape index (κ2) is 3.59. The number of nitrogens with zero attached hydrogens (tertiary/aromatic N) is 2. The van der Waals surface area contributed by atoms with Gasteiger partial charge in [-0.3, -0.25) is 4.57 Å². The lowest BCUT2D eigenvalue weighted by Gasteiger charge is -2.41. The third-order valence-corrected chi connectivity index (χ3v) is 3.89. The van der Waals surface area contributed by atoms with Gasteiger partial charge in [0.2, 0.25) is 0 Å². The van der Waals surface area contributed by atoms with Gasteiger partial charge in [-0.2, -0.15) is 0 Å². The Morgan fingerprint density at radius 3 is 2.94 bits per heavy atom. The number of imidazole rings is 1. The number of benzene rings is 1. The summed E-state index contributed by atoms with van der Waals surface area (Å²) in [6.45, 7) is 1.96. The Bertz CT molecular complexity index is 584. The number of rotatable bonds is 0. The number of fused-ring (bicyclic) bond motifs is 4. The summed E-state index contributed by atoms with van der Waals surface area (Å²) in [5, 5.41) is 3.39. The highest BCUT2D eigenvalue weighted by atomic mass is 16.5. The van der Waals surface area contributed by atoms with Crippen LogP contribution in [0, 0.1) is 0 Å². The molecule has 0 unspecified atom stereocenters. The fraction of sp³-hybridized carbons (Fsp3) is 0.357. The van der Waals surface area contributed by atoms with Crippen molar-refractivity contribution >= 4 is 0 Å². The molecular formula is C14H15N3O. The molecule has 0 atom stereocenters. The number of nitrogens with one attached hydrogen (secondary N) is 1. The van der Waals surface area contributed by atoms with Crippen LogP contribution in [0.4, 0.5) is 0 Å². The van der Waals surface area contributed by atoms with Gasteiger partial charge in [-0.05, 0) is 25.2 Å². The van der Waals surface area contributed by atoms with Gasteiger partial charge < -0.3 is 10.1 Å². The molecule has 4 nitrogen and oxygen atoms in total. The SMILES string of the molecule is c1ccc2c(c1)OC1(CCNCC1)c1nccn1-2. The minimum absolute atomic E-state index is 0.247. The molecule has 4 rings (SSSR count). The van der Waals surface area contributed by atoms with Crippen LogP contribution >= 0.6 is 0 Å². The molecule has 1 aromatic carbocycles. The van der Waals surface area contributed by atoms with Crippen LogP contribution in [0.15, 0.2) is 36.7 Å². The first kappa shape index (κ1) is 10.1. The van der Waals surface area contributed by atoms with E-state index in [4.69, 9.17) is 4.74 Å². The Labute approximate surface area is 106 Å². The number of para-hydroxylation sites is 2. The lowest BCUT2D eigenvalue weighted by molar-refractivity contribution is 0.0158. The molecule has 18 heavy (non-hydrogen) atoms.